The molecule has 1 aromatic heterocycles. The van der Waals surface area contributed by atoms with Crippen LogP contribution >= 0.6 is 0 Å². The fraction of sp³-hybridized carbons (Fsp3) is 0.444. The largest absolute Gasteiger partial charge is 0.456 e. The van der Waals surface area contributed by atoms with Crippen molar-refractivity contribution in [3.05, 3.63) is 53.7 Å². The molecular formula is C18H20F3NO3. The summed E-state index contributed by atoms with van der Waals surface area (Å²) in [7, 11) is 0. The van der Waals surface area contributed by atoms with Crippen molar-refractivity contribution in [3.8, 4) is 0 Å². The van der Waals surface area contributed by atoms with E-state index in [1.807, 2.05) is 18.2 Å². The Labute approximate surface area is 143 Å². The van der Waals surface area contributed by atoms with Crippen LogP contribution in [0.3, 0.4) is 0 Å². The summed E-state index contributed by atoms with van der Waals surface area (Å²) in [6.45, 7) is 0. The maximum atomic E-state index is 12.3. The van der Waals surface area contributed by atoms with Gasteiger partial charge in [-0.3, -0.25) is 4.79 Å². The minimum atomic E-state index is -5.00. The highest BCUT2D eigenvalue weighted by Gasteiger charge is 2.41. The second kappa shape index (κ2) is 8.80. The van der Waals surface area contributed by atoms with E-state index in [0.717, 1.165) is 25.7 Å². The van der Waals surface area contributed by atoms with Crippen LogP contribution in [-0.2, 0) is 6.42 Å². The summed E-state index contributed by atoms with van der Waals surface area (Å²) in [6, 6.07) is 10.1. The first-order chi connectivity index (χ1) is 11.9. The molecule has 0 aliphatic heterocycles. The number of Topliss-reactive ketones (excluding diaryl/α,β-unsaturated/α-hetero) is 1. The predicted octanol–water partition coefficient (Wildman–Crippen LogP) is 4.65. The third-order valence-corrected chi connectivity index (χ3v) is 3.83. The Morgan fingerprint density at radius 1 is 1.12 bits per heavy atom. The number of aliphatic hydroxyl groups is 1. The number of alkyl halides is 3. The number of carbonyl (C=O) groups excluding carboxylic acids is 1. The first kappa shape index (κ1) is 19.2. The Kier molecular flexibility index (Phi) is 6.75. The van der Waals surface area contributed by atoms with Crippen LogP contribution in [0.4, 0.5) is 13.2 Å². The Balaban J connectivity index is 1.68. The normalized spacial score (nSPS) is 13.0. The lowest BCUT2D eigenvalue weighted by molar-refractivity contribution is -0.0888. The van der Waals surface area contributed by atoms with E-state index in [1.165, 1.54) is 5.56 Å². The van der Waals surface area contributed by atoms with Crippen LogP contribution in [0.1, 0.15) is 60.2 Å². The molecule has 136 valence electrons. The number of hydrogen-bond donors (Lipinski definition) is 1. The van der Waals surface area contributed by atoms with E-state index in [-0.39, 0.29) is 5.89 Å². The predicted molar refractivity (Wildman–Crippen MR) is 85.1 cm³/mol. The number of halogens is 3. The van der Waals surface area contributed by atoms with Gasteiger partial charge >= 0.3 is 6.18 Å². The van der Waals surface area contributed by atoms with E-state index in [4.69, 9.17) is 4.42 Å². The number of rotatable bonds is 9. The summed E-state index contributed by atoms with van der Waals surface area (Å²) in [6.07, 6.45) is -0.554. The summed E-state index contributed by atoms with van der Waals surface area (Å²) in [4.78, 5) is 14.5. The first-order valence-corrected chi connectivity index (χ1v) is 8.17. The molecule has 0 bridgehead atoms. The highest BCUT2D eigenvalue weighted by atomic mass is 19.4. The third-order valence-electron chi connectivity index (χ3n) is 3.83. The van der Waals surface area contributed by atoms with Crippen LogP contribution in [-0.4, -0.2) is 22.1 Å². The van der Waals surface area contributed by atoms with Crippen molar-refractivity contribution in [2.75, 3.05) is 0 Å². The van der Waals surface area contributed by atoms with Crippen molar-refractivity contribution in [1.82, 2.24) is 4.98 Å². The van der Waals surface area contributed by atoms with Crippen LogP contribution < -0.4 is 0 Å². The highest BCUT2D eigenvalue weighted by Crippen LogP contribution is 2.24. The highest BCUT2D eigenvalue weighted by molar-refractivity contribution is 5.98. The zero-order valence-corrected chi connectivity index (χ0v) is 13.6. The maximum Gasteiger partial charge on any atom is 0.456 e. The average molecular weight is 355 g/mol. The molecule has 1 atom stereocenters. The van der Waals surface area contributed by atoms with Gasteiger partial charge in [0, 0.05) is 0 Å². The minimum absolute atomic E-state index is 0.253. The van der Waals surface area contributed by atoms with Crippen LogP contribution in [0.5, 0.6) is 0 Å². The third kappa shape index (κ3) is 6.01. The Morgan fingerprint density at radius 2 is 1.80 bits per heavy atom. The molecule has 0 saturated heterocycles. The number of hydrogen-bond acceptors (Lipinski definition) is 4. The van der Waals surface area contributed by atoms with Crippen molar-refractivity contribution in [3.63, 3.8) is 0 Å². The number of nitrogens with zero attached hydrogens (tertiary/aromatic N) is 1. The zero-order valence-electron chi connectivity index (χ0n) is 13.6. The maximum absolute atomic E-state index is 12.3. The molecule has 0 saturated carbocycles. The molecule has 0 fully saturated rings. The van der Waals surface area contributed by atoms with Gasteiger partial charge in [0.1, 0.15) is 12.4 Å². The van der Waals surface area contributed by atoms with Crippen LogP contribution in [0.15, 0.2) is 41.0 Å². The second-order valence-electron chi connectivity index (χ2n) is 5.85. The van der Waals surface area contributed by atoms with Gasteiger partial charge in [-0.05, 0) is 24.8 Å². The molecule has 4 nitrogen and oxygen atoms in total. The molecule has 0 radical (unpaired) electrons. The molecule has 25 heavy (non-hydrogen) atoms. The zero-order chi connectivity index (χ0) is 18.3. The lowest BCUT2D eigenvalue weighted by atomic mass is 10.0. The molecule has 2 aromatic rings. The smallest absolute Gasteiger partial charge is 0.445 e. The summed E-state index contributed by atoms with van der Waals surface area (Å²) in [5, 5.41) is 9.90. The summed E-state index contributed by atoms with van der Waals surface area (Å²) < 4.78 is 41.7. The molecule has 1 N–H and O–H groups in total. The van der Waals surface area contributed by atoms with Gasteiger partial charge in [-0.25, -0.2) is 4.98 Å². The molecule has 2 rings (SSSR count). The number of oxazole rings is 1. The Hall–Kier alpha value is -2.15. The van der Waals surface area contributed by atoms with Gasteiger partial charge in [0.15, 0.2) is 5.69 Å². The molecule has 0 amide bonds. The van der Waals surface area contributed by atoms with E-state index in [1.54, 1.807) is 0 Å². The quantitative estimate of drug-likeness (QED) is 0.525. The molecule has 0 aliphatic carbocycles. The standard InChI is InChI=1S/C18H20F3NO3/c19-18(20,21)16(24)14-12-25-17(22-14)15(23)11-7-2-1-4-8-13-9-5-3-6-10-13/h3,5-6,9-10,12,15,23H,1-2,4,7-8,11H2. The van der Waals surface area contributed by atoms with E-state index in [2.05, 4.69) is 17.1 Å². The second-order valence-corrected chi connectivity index (χ2v) is 5.85. The number of aliphatic hydroxyl groups excluding tert-OH is 1. The van der Waals surface area contributed by atoms with Crippen molar-refractivity contribution in [2.45, 2.75) is 50.8 Å². The molecule has 0 spiro atoms. The Bertz CT molecular complexity index is 668. The van der Waals surface area contributed by atoms with Crippen molar-refractivity contribution in [1.29, 1.82) is 0 Å². The van der Waals surface area contributed by atoms with Crippen molar-refractivity contribution < 1.29 is 27.5 Å². The number of ketones is 1. The molecule has 7 heteroatoms. The van der Waals surface area contributed by atoms with Crippen molar-refractivity contribution >= 4 is 5.78 Å². The fourth-order valence-electron chi connectivity index (χ4n) is 2.48. The molecule has 1 aromatic carbocycles. The summed E-state index contributed by atoms with van der Waals surface area (Å²) >= 11 is 0. The fourth-order valence-corrected chi connectivity index (χ4v) is 2.48. The lowest BCUT2D eigenvalue weighted by Gasteiger charge is -2.06. The summed E-state index contributed by atoms with van der Waals surface area (Å²) in [5.74, 6) is -2.33. The van der Waals surface area contributed by atoms with Crippen molar-refractivity contribution in [2.24, 2.45) is 0 Å². The van der Waals surface area contributed by atoms with Crippen LogP contribution in [0, 0.1) is 0 Å². The van der Waals surface area contributed by atoms with E-state index >= 15 is 0 Å². The van der Waals surface area contributed by atoms with E-state index in [9.17, 15) is 23.1 Å². The van der Waals surface area contributed by atoms with E-state index in [0.29, 0.717) is 19.1 Å². The van der Waals surface area contributed by atoms with Gasteiger partial charge < -0.3 is 9.52 Å². The number of aryl methyl sites for hydroxylation is 1. The monoisotopic (exact) mass is 355 g/mol. The molecular weight excluding hydrogens is 335 g/mol. The van der Waals surface area contributed by atoms with Gasteiger partial charge in [-0.15, -0.1) is 0 Å². The number of carbonyl (C=O) groups is 1. The minimum Gasteiger partial charge on any atom is -0.445 e. The Morgan fingerprint density at radius 3 is 2.48 bits per heavy atom. The summed E-state index contributed by atoms with van der Waals surface area (Å²) in [5.41, 5.74) is 0.452. The van der Waals surface area contributed by atoms with Gasteiger partial charge in [0.05, 0.1) is 0 Å². The SMILES string of the molecule is O=C(c1coc(C(O)CCCCCCc2ccccc2)n1)C(F)(F)F. The van der Waals surface area contributed by atoms with E-state index < -0.39 is 23.8 Å². The molecule has 0 aliphatic rings. The van der Waals surface area contributed by atoms with Gasteiger partial charge in [-0.2, -0.15) is 13.2 Å². The topological polar surface area (TPSA) is 63.3 Å². The number of aromatic nitrogens is 1. The van der Waals surface area contributed by atoms with Crippen LogP contribution in [0.25, 0.3) is 0 Å². The van der Waals surface area contributed by atoms with Gasteiger partial charge in [0.2, 0.25) is 5.89 Å². The number of unbranched alkanes of at least 4 members (excludes halogenated alkanes) is 3. The molecule has 1 heterocycles. The average Bonchev–Trinajstić information content (AvgIpc) is 3.07. The first-order valence-electron chi connectivity index (χ1n) is 8.17. The molecule has 1 unspecified atom stereocenters. The van der Waals surface area contributed by atoms with Gasteiger partial charge in [-0.1, -0.05) is 49.6 Å². The number of benzene rings is 1. The lowest BCUT2D eigenvalue weighted by Crippen LogP contribution is -2.23. The van der Waals surface area contributed by atoms with Crippen LogP contribution in [0.2, 0.25) is 0 Å². The van der Waals surface area contributed by atoms with Gasteiger partial charge in [0.25, 0.3) is 5.78 Å².